The smallest absolute Gasteiger partial charge is 0.0620 e. The van der Waals surface area contributed by atoms with Gasteiger partial charge in [-0.15, -0.1) is 0 Å². The molecule has 2 rings (SSSR count). The molecule has 1 saturated heterocycles. The van der Waals surface area contributed by atoms with Crippen molar-refractivity contribution in [1.82, 2.24) is 10.6 Å². The minimum atomic E-state index is 0.330. The van der Waals surface area contributed by atoms with Crippen molar-refractivity contribution in [2.24, 2.45) is 0 Å². The van der Waals surface area contributed by atoms with E-state index < -0.39 is 0 Å². The highest BCUT2D eigenvalue weighted by Crippen LogP contribution is 2.17. The van der Waals surface area contributed by atoms with Crippen LogP contribution in [0, 0.1) is 0 Å². The SMILES string of the molecule is CC(CC1COCCN1)N[C@@H](C)c1ccc(Cl)cc1. The molecule has 0 radical (unpaired) electrons. The van der Waals surface area contributed by atoms with E-state index in [9.17, 15) is 0 Å². The van der Waals surface area contributed by atoms with Crippen LogP contribution < -0.4 is 10.6 Å². The van der Waals surface area contributed by atoms with Crippen LogP contribution in [0.4, 0.5) is 0 Å². The summed E-state index contributed by atoms with van der Waals surface area (Å²) in [6.07, 6.45) is 1.08. The first-order chi connectivity index (χ1) is 9.15. The van der Waals surface area contributed by atoms with Gasteiger partial charge in [-0.25, -0.2) is 0 Å². The second-order valence-corrected chi connectivity index (χ2v) is 5.74. The fraction of sp³-hybridized carbons (Fsp3) is 0.600. The van der Waals surface area contributed by atoms with Crippen LogP contribution in [0.3, 0.4) is 0 Å². The van der Waals surface area contributed by atoms with Crippen molar-refractivity contribution in [2.45, 2.75) is 38.4 Å². The van der Waals surface area contributed by atoms with E-state index in [1.54, 1.807) is 0 Å². The summed E-state index contributed by atoms with van der Waals surface area (Å²) in [5, 5.41) is 7.90. The molecule has 4 heteroatoms. The van der Waals surface area contributed by atoms with Gasteiger partial charge in [-0.3, -0.25) is 0 Å². The summed E-state index contributed by atoms with van der Waals surface area (Å²) in [7, 11) is 0. The van der Waals surface area contributed by atoms with E-state index in [4.69, 9.17) is 16.3 Å². The molecule has 0 amide bonds. The first-order valence-electron chi connectivity index (χ1n) is 6.98. The fourth-order valence-corrected chi connectivity index (χ4v) is 2.67. The fourth-order valence-electron chi connectivity index (χ4n) is 2.54. The van der Waals surface area contributed by atoms with Crippen LogP contribution in [0.15, 0.2) is 24.3 Å². The lowest BCUT2D eigenvalue weighted by atomic mass is 10.0. The van der Waals surface area contributed by atoms with Crippen LogP contribution in [0.1, 0.15) is 31.9 Å². The van der Waals surface area contributed by atoms with Crippen LogP contribution in [-0.4, -0.2) is 31.8 Å². The van der Waals surface area contributed by atoms with Crippen molar-refractivity contribution in [2.75, 3.05) is 19.8 Å². The molecule has 2 N–H and O–H groups in total. The summed E-state index contributed by atoms with van der Waals surface area (Å²) >= 11 is 5.91. The maximum absolute atomic E-state index is 5.91. The van der Waals surface area contributed by atoms with Crippen LogP contribution in [0.25, 0.3) is 0 Å². The number of morpholine rings is 1. The summed E-state index contributed by atoms with van der Waals surface area (Å²) < 4.78 is 5.48. The van der Waals surface area contributed by atoms with Gasteiger partial charge in [-0.2, -0.15) is 0 Å². The van der Waals surface area contributed by atoms with Gasteiger partial charge in [0.05, 0.1) is 13.2 Å². The van der Waals surface area contributed by atoms with Crippen LogP contribution in [0.2, 0.25) is 5.02 Å². The second-order valence-electron chi connectivity index (χ2n) is 5.30. The quantitative estimate of drug-likeness (QED) is 0.871. The number of benzene rings is 1. The zero-order valence-corrected chi connectivity index (χ0v) is 12.4. The maximum Gasteiger partial charge on any atom is 0.0620 e. The van der Waals surface area contributed by atoms with E-state index in [1.165, 1.54) is 5.56 Å². The molecule has 1 fully saturated rings. The molecular weight excluding hydrogens is 260 g/mol. The number of ether oxygens (including phenoxy) is 1. The van der Waals surface area contributed by atoms with Gasteiger partial charge in [0, 0.05) is 29.7 Å². The van der Waals surface area contributed by atoms with Gasteiger partial charge < -0.3 is 15.4 Å². The zero-order valence-electron chi connectivity index (χ0n) is 11.7. The standard InChI is InChI=1S/C15H23ClN2O/c1-11(9-15-10-19-8-7-17-15)18-12(2)13-3-5-14(16)6-4-13/h3-6,11-12,15,17-18H,7-10H2,1-2H3/t11?,12-,15?/m0/s1. The number of hydrogen-bond acceptors (Lipinski definition) is 3. The van der Waals surface area contributed by atoms with Crippen LogP contribution >= 0.6 is 11.6 Å². The second kappa shape index (κ2) is 7.25. The Bertz CT molecular complexity index is 376. The molecule has 19 heavy (non-hydrogen) atoms. The first-order valence-corrected chi connectivity index (χ1v) is 7.35. The van der Waals surface area contributed by atoms with Gasteiger partial charge in [0.1, 0.15) is 0 Å². The molecule has 1 aliphatic rings. The van der Waals surface area contributed by atoms with Crippen LogP contribution in [-0.2, 0) is 4.74 Å². The summed E-state index contributed by atoms with van der Waals surface area (Å²) in [6, 6.07) is 9.28. The molecular formula is C15H23ClN2O. The number of halogens is 1. The van der Waals surface area contributed by atoms with Crippen molar-refractivity contribution < 1.29 is 4.74 Å². The van der Waals surface area contributed by atoms with Gasteiger partial charge in [-0.05, 0) is 38.0 Å². The van der Waals surface area contributed by atoms with E-state index in [1.807, 2.05) is 12.1 Å². The van der Waals surface area contributed by atoms with Gasteiger partial charge in [0.15, 0.2) is 0 Å². The number of rotatable bonds is 5. The van der Waals surface area contributed by atoms with Crippen molar-refractivity contribution in [3.63, 3.8) is 0 Å². The Hall–Kier alpha value is -0.610. The lowest BCUT2D eigenvalue weighted by Gasteiger charge is -2.28. The van der Waals surface area contributed by atoms with E-state index >= 15 is 0 Å². The maximum atomic E-state index is 5.91. The third-order valence-electron chi connectivity index (χ3n) is 3.54. The van der Waals surface area contributed by atoms with Crippen molar-refractivity contribution in [3.8, 4) is 0 Å². The average Bonchev–Trinajstić information content (AvgIpc) is 2.40. The normalized spacial score (nSPS) is 23.0. The summed E-state index contributed by atoms with van der Waals surface area (Å²) in [4.78, 5) is 0. The minimum absolute atomic E-state index is 0.330. The highest BCUT2D eigenvalue weighted by molar-refractivity contribution is 6.30. The zero-order chi connectivity index (χ0) is 13.7. The third-order valence-corrected chi connectivity index (χ3v) is 3.79. The Balaban J connectivity index is 1.80. The molecule has 1 aliphatic heterocycles. The van der Waals surface area contributed by atoms with Gasteiger partial charge in [0.25, 0.3) is 0 Å². The average molecular weight is 283 g/mol. The molecule has 3 atom stereocenters. The number of nitrogens with one attached hydrogen (secondary N) is 2. The molecule has 0 aromatic heterocycles. The minimum Gasteiger partial charge on any atom is -0.379 e. The highest BCUT2D eigenvalue weighted by Gasteiger charge is 2.17. The predicted octanol–water partition coefficient (Wildman–Crippen LogP) is 2.76. The van der Waals surface area contributed by atoms with Gasteiger partial charge in [-0.1, -0.05) is 23.7 Å². The Morgan fingerprint density at radius 2 is 2.11 bits per heavy atom. The van der Waals surface area contributed by atoms with E-state index in [0.717, 1.165) is 31.2 Å². The van der Waals surface area contributed by atoms with Crippen molar-refractivity contribution in [1.29, 1.82) is 0 Å². The Labute approximate surface area is 120 Å². The molecule has 0 aliphatic carbocycles. The monoisotopic (exact) mass is 282 g/mol. The van der Waals surface area contributed by atoms with Crippen molar-refractivity contribution in [3.05, 3.63) is 34.9 Å². The van der Waals surface area contributed by atoms with E-state index in [2.05, 4.69) is 36.6 Å². The molecule has 1 heterocycles. The summed E-state index contributed by atoms with van der Waals surface area (Å²) in [5.41, 5.74) is 1.27. The van der Waals surface area contributed by atoms with Gasteiger partial charge in [0.2, 0.25) is 0 Å². The van der Waals surface area contributed by atoms with Crippen molar-refractivity contribution >= 4 is 11.6 Å². The van der Waals surface area contributed by atoms with Crippen LogP contribution in [0.5, 0.6) is 0 Å². The largest absolute Gasteiger partial charge is 0.379 e. The number of hydrogen-bond donors (Lipinski definition) is 2. The Morgan fingerprint density at radius 1 is 1.37 bits per heavy atom. The lowest BCUT2D eigenvalue weighted by molar-refractivity contribution is 0.0708. The molecule has 0 saturated carbocycles. The Morgan fingerprint density at radius 3 is 2.74 bits per heavy atom. The van der Waals surface area contributed by atoms with E-state index in [-0.39, 0.29) is 0 Å². The molecule has 2 unspecified atom stereocenters. The molecule has 0 spiro atoms. The van der Waals surface area contributed by atoms with Gasteiger partial charge >= 0.3 is 0 Å². The summed E-state index contributed by atoms with van der Waals surface area (Å²) in [6.45, 7) is 7.03. The Kier molecular flexibility index (Phi) is 5.64. The highest BCUT2D eigenvalue weighted by atomic mass is 35.5. The lowest BCUT2D eigenvalue weighted by Crippen LogP contribution is -2.45. The first kappa shape index (κ1) is 14.8. The topological polar surface area (TPSA) is 33.3 Å². The third kappa shape index (κ3) is 4.77. The molecule has 0 bridgehead atoms. The van der Waals surface area contributed by atoms with E-state index in [0.29, 0.717) is 18.1 Å². The molecule has 1 aromatic carbocycles. The summed E-state index contributed by atoms with van der Waals surface area (Å²) in [5.74, 6) is 0. The molecule has 1 aromatic rings. The molecule has 3 nitrogen and oxygen atoms in total. The predicted molar refractivity (Wildman–Crippen MR) is 79.7 cm³/mol. The molecule has 106 valence electrons.